The Morgan fingerprint density at radius 2 is 1.76 bits per heavy atom. The van der Waals surface area contributed by atoms with Gasteiger partial charge in [0.15, 0.2) is 0 Å². The Morgan fingerprint density at radius 1 is 1.18 bits per heavy atom. The molecule has 5 nitrogen and oxygen atoms in total. The fourth-order valence-electron chi connectivity index (χ4n) is 1.09. The molecule has 0 aliphatic rings. The maximum absolute atomic E-state index is 13.1. The minimum absolute atomic E-state index is 0.280. The van der Waals surface area contributed by atoms with Crippen LogP contribution in [0.4, 0.5) is 13.6 Å². The van der Waals surface area contributed by atoms with Crippen molar-refractivity contribution in [2.45, 2.75) is 6.54 Å². The van der Waals surface area contributed by atoms with E-state index in [-0.39, 0.29) is 12.1 Å². The quantitative estimate of drug-likeness (QED) is 0.734. The zero-order valence-corrected chi connectivity index (χ0v) is 8.67. The van der Waals surface area contributed by atoms with Gasteiger partial charge in [-0.2, -0.15) is 0 Å². The molecular formula is C10H10F2N2O3. The molecular weight excluding hydrogens is 234 g/mol. The van der Waals surface area contributed by atoms with Crippen LogP contribution in [0.3, 0.4) is 0 Å². The van der Waals surface area contributed by atoms with Crippen molar-refractivity contribution in [2.75, 3.05) is 6.54 Å². The van der Waals surface area contributed by atoms with E-state index in [9.17, 15) is 18.4 Å². The number of urea groups is 1. The van der Waals surface area contributed by atoms with Crippen molar-refractivity contribution in [3.05, 3.63) is 35.4 Å². The zero-order valence-electron chi connectivity index (χ0n) is 8.67. The number of hydrogen-bond acceptors (Lipinski definition) is 2. The Labute approximate surface area is 95.4 Å². The van der Waals surface area contributed by atoms with Crippen molar-refractivity contribution in [3.63, 3.8) is 0 Å². The lowest BCUT2D eigenvalue weighted by Crippen LogP contribution is -2.38. The van der Waals surface area contributed by atoms with E-state index in [1.54, 1.807) is 0 Å². The average Bonchev–Trinajstić information content (AvgIpc) is 2.25. The molecule has 0 radical (unpaired) electrons. The lowest BCUT2D eigenvalue weighted by atomic mass is 10.2. The first kappa shape index (κ1) is 12.9. The smallest absolute Gasteiger partial charge is 0.323 e. The van der Waals surface area contributed by atoms with Gasteiger partial charge in [0.05, 0.1) is 6.54 Å². The Balaban J connectivity index is 2.50. The summed E-state index contributed by atoms with van der Waals surface area (Å²) >= 11 is 0. The number of hydrogen-bond donors (Lipinski definition) is 3. The highest BCUT2D eigenvalue weighted by Gasteiger charge is 2.09. The van der Waals surface area contributed by atoms with E-state index in [2.05, 4.69) is 5.32 Å². The number of benzene rings is 1. The monoisotopic (exact) mass is 244 g/mol. The van der Waals surface area contributed by atoms with E-state index in [0.717, 1.165) is 12.1 Å². The Morgan fingerprint density at radius 3 is 2.29 bits per heavy atom. The summed E-state index contributed by atoms with van der Waals surface area (Å²) in [6.07, 6.45) is 0. The van der Waals surface area contributed by atoms with Crippen LogP contribution in [0.2, 0.25) is 0 Å². The van der Waals surface area contributed by atoms with Gasteiger partial charge in [0, 0.05) is 5.56 Å². The number of amides is 2. The van der Waals surface area contributed by atoms with Gasteiger partial charge in [0.2, 0.25) is 0 Å². The van der Waals surface area contributed by atoms with E-state index < -0.39 is 30.2 Å². The molecule has 17 heavy (non-hydrogen) atoms. The summed E-state index contributed by atoms with van der Waals surface area (Å²) in [4.78, 5) is 21.1. The molecule has 7 heteroatoms. The molecule has 0 saturated carbocycles. The van der Waals surface area contributed by atoms with Crippen LogP contribution in [-0.4, -0.2) is 23.7 Å². The van der Waals surface area contributed by atoms with Crippen LogP contribution >= 0.6 is 0 Å². The summed E-state index contributed by atoms with van der Waals surface area (Å²) in [5.74, 6) is -2.76. The largest absolute Gasteiger partial charge is 0.480 e. The standard InChI is InChI=1S/C10H10F2N2O3/c11-7-2-1-3-8(12)6(7)4-13-10(17)14-5-9(15)16/h1-3H,4-5H2,(H,15,16)(H2,13,14,17). The number of carboxylic acids is 1. The van der Waals surface area contributed by atoms with Crippen molar-refractivity contribution in [3.8, 4) is 0 Å². The van der Waals surface area contributed by atoms with Gasteiger partial charge in [-0.25, -0.2) is 13.6 Å². The zero-order chi connectivity index (χ0) is 12.8. The molecule has 0 atom stereocenters. The predicted octanol–water partition coefficient (Wildman–Crippen LogP) is 0.849. The first-order valence-electron chi connectivity index (χ1n) is 4.67. The molecule has 0 fully saturated rings. The summed E-state index contributed by atoms with van der Waals surface area (Å²) in [6.45, 7) is -0.921. The maximum atomic E-state index is 13.1. The summed E-state index contributed by atoms with van der Waals surface area (Å²) < 4.78 is 26.2. The Kier molecular flexibility index (Phi) is 4.38. The molecule has 0 aliphatic heterocycles. The topological polar surface area (TPSA) is 78.4 Å². The second-order valence-corrected chi connectivity index (χ2v) is 3.13. The van der Waals surface area contributed by atoms with Crippen LogP contribution < -0.4 is 10.6 Å². The molecule has 0 spiro atoms. The van der Waals surface area contributed by atoms with E-state index in [0.29, 0.717) is 0 Å². The Bertz CT molecular complexity index is 417. The van der Waals surface area contributed by atoms with E-state index in [1.165, 1.54) is 6.07 Å². The molecule has 2 amide bonds. The number of aliphatic carboxylic acids is 1. The fourth-order valence-corrected chi connectivity index (χ4v) is 1.09. The normalized spacial score (nSPS) is 9.76. The minimum Gasteiger partial charge on any atom is -0.480 e. The molecule has 0 heterocycles. The van der Waals surface area contributed by atoms with Crippen molar-refractivity contribution >= 4 is 12.0 Å². The van der Waals surface area contributed by atoms with Crippen LogP contribution in [0, 0.1) is 11.6 Å². The van der Waals surface area contributed by atoms with Gasteiger partial charge in [-0.3, -0.25) is 4.79 Å². The highest BCUT2D eigenvalue weighted by Crippen LogP contribution is 2.11. The number of carbonyl (C=O) groups excluding carboxylic acids is 1. The van der Waals surface area contributed by atoms with Gasteiger partial charge in [0.25, 0.3) is 0 Å². The van der Waals surface area contributed by atoms with Crippen molar-refractivity contribution in [2.24, 2.45) is 0 Å². The van der Waals surface area contributed by atoms with Gasteiger partial charge in [-0.05, 0) is 12.1 Å². The molecule has 0 bridgehead atoms. The third-order valence-corrected chi connectivity index (χ3v) is 1.89. The molecule has 1 aromatic rings. The van der Waals surface area contributed by atoms with E-state index >= 15 is 0 Å². The van der Waals surface area contributed by atoms with Crippen LogP contribution in [0.15, 0.2) is 18.2 Å². The fraction of sp³-hybridized carbons (Fsp3) is 0.200. The van der Waals surface area contributed by atoms with Crippen molar-refractivity contribution in [1.82, 2.24) is 10.6 Å². The molecule has 0 aliphatic carbocycles. The first-order valence-corrected chi connectivity index (χ1v) is 4.67. The Hall–Kier alpha value is -2.18. The molecule has 3 N–H and O–H groups in total. The van der Waals surface area contributed by atoms with Gasteiger partial charge >= 0.3 is 12.0 Å². The number of rotatable bonds is 4. The lowest BCUT2D eigenvalue weighted by Gasteiger charge is -2.07. The molecule has 0 unspecified atom stereocenters. The number of carboxylic acid groups (broad SMARTS) is 1. The molecule has 92 valence electrons. The summed E-state index contributed by atoms with van der Waals surface area (Å²) in [6, 6.07) is 2.53. The van der Waals surface area contributed by atoms with Crippen LogP contribution in [0.25, 0.3) is 0 Å². The third kappa shape index (κ3) is 4.06. The third-order valence-electron chi connectivity index (χ3n) is 1.89. The molecule has 0 saturated heterocycles. The molecule has 1 rings (SSSR count). The highest BCUT2D eigenvalue weighted by molar-refractivity contribution is 5.79. The van der Waals surface area contributed by atoms with Crippen molar-refractivity contribution < 1.29 is 23.5 Å². The number of halogens is 2. The lowest BCUT2D eigenvalue weighted by molar-refractivity contribution is -0.135. The van der Waals surface area contributed by atoms with Gasteiger partial charge in [-0.15, -0.1) is 0 Å². The summed E-state index contributed by atoms with van der Waals surface area (Å²) in [7, 11) is 0. The predicted molar refractivity (Wildman–Crippen MR) is 54.2 cm³/mol. The van der Waals surface area contributed by atoms with E-state index in [1.807, 2.05) is 5.32 Å². The molecule has 1 aromatic carbocycles. The summed E-state index contributed by atoms with van der Waals surface area (Å²) in [5.41, 5.74) is -0.280. The molecule has 0 aromatic heterocycles. The minimum atomic E-state index is -1.21. The second kappa shape index (κ2) is 5.78. The SMILES string of the molecule is O=C(O)CNC(=O)NCc1c(F)cccc1F. The average molecular weight is 244 g/mol. The van der Waals surface area contributed by atoms with Gasteiger partial charge in [-0.1, -0.05) is 6.07 Å². The number of nitrogens with one attached hydrogen (secondary N) is 2. The number of carbonyl (C=O) groups is 2. The second-order valence-electron chi connectivity index (χ2n) is 3.13. The highest BCUT2D eigenvalue weighted by atomic mass is 19.1. The summed E-state index contributed by atoms with van der Waals surface area (Å²) in [5, 5.41) is 12.4. The van der Waals surface area contributed by atoms with Crippen LogP contribution in [0.5, 0.6) is 0 Å². The first-order chi connectivity index (χ1) is 8.00. The van der Waals surface area contributed by atoms with Gasteiger partial charge in [0.1, 0.15) is 18.2 Å². The van der Waals surface area contributed by atoms with Crippen LogP contribution in [0.1, 0.15) is 5.56 Å². The maximum Gasteiger partial charge on any atom is 0.323 e. The van der Waals surface area contributed by atoms with E-state index in [4.69, 9.17) is 5.11 Å². The van der Waals surface area contributed by atoms with Gasteiger partial charge < -0.3 is 15.7 Å². The van der Waals surface area contributed by atoms with Crippen molar-refractivity contribution in [1.29, 1.82) is 0 Å². The van der Waals surface area contributed by atoms with Crippen LogP contribution in [-0.2, 0) is 11.3 Å².